The molecule has 0 saturated heterocycles. The molecule has 0 heterocycles. The van der Waals surface area contributed by atoms with E-state index >= 15 is 0 Å². The van der Waals surface area contributed by atoms with E-state index in [4.69, 9.17) is 0 Å². The van der Waals surface area contributed by atoms with Gasteiger partial charge in [-0.2, -0.15) is 0 Å². The van der Waals surface area contributed by atoms with Gasteiger partial charge in [0.25, 0.3) is 0 Å². The smallest absolute Gasteiger partial charge is 0.00706 e. The van der Waals surface area contributed by atoms with E-state index in [1.54, 1.807) is 0 Å². The standard InChI is InChI=1S/C6H10Br2/c1-2-3-6(4-7)5-8/h2,6H,1,3-5H2. The molecule has 8 heavy (non-hydrogen) atoms. The maximum atomic E-state index is 3.65. The Balaban J connectivity index is 3.20. The van der Waals surface area contributed by atoms with Crippen LogP contribution in [0, 0.1) is 5.92 Å². The molecule has 0 aromatic heterocycles. The number of hydrogen-bond donors (Lipinski definition) is 0. The highest BCUT2D eigenvalue weighted by Gasteiger charge is 1.99. The zero-order valence-electron chi connectivity index (χ0n) is 4.74. The fourth-order valence-corrected chi connectivity index (χ4v) is 2.00. The molecule has 0 nitrogen and oxygen atoms in total. The monoisotopic (exact) mass is 240 g/mol. The van der Waals surface area contributed by atoms with Crippen LogP contribution in [0.2, 0.25) is 0 Å². The zero-order chi connectivity index (χ0) is 6.41. The summed E-state index contributed by atoms with van der Waals surface area (Å²) in [5.74, 6) is 0.715. The predicted octanol–water partition coefficient (Wildman–Crippen LogP) is 2.97. The van der Waals surface area contributed by atoms with Gasteiger partial charge in [0, 0.05) is 10.7 Å². The van der Waals surface area contributed by atoms with Crippen LogP contribution in [-0.2, 0) is 0 Å². The summed E-state index contributed by atoms with van der Waals surface area (Å²) in [4.78, 5) is 0. The van der Waals surface area contributed by atoms with Crippen molar-refractivity contribution in [2.75, 3.05) is 10.7 Å². The molecule has 0 radical (unpaired) electrons. The first kappa shape index (κ1) is 8.70. The first-order valence-electron chi connectivity index (χ1n) is 2.58. The molecule has 48 valence electrons. The van der Waals surface area contributed by atoms with Crippen LogP contribution in [0.3, 0.4) is 0 Å². The Labute approximate surface area is 67.6 Å². The summed E-state index contributed by atoms with van der Waals surface area (Å²) in [5.41, 5.74) is 0. The molecule has 0 bridgehead atoms. The van der Waals surface area contributed by atoms with Gasteiger partial charge in [-0.1, -0.05) is 37.9 Å². The van der Waals surface area contributed by atoms with Gasteiger partial charge in [-0.3, -0.25) is 0 Å². The lowest BCUT2D eigenvalue weighted by atomic mass is 10.1. The van der Waals surface area contributed by atoms with Crippen molar-refractivity contribution in [2.24, 2.45) is 5.92 Å². The molecule has 0 aromatic rings. The molecular weight excluding hydrogens is 232 g/mol. The van der Waals surface area contributed by atoms with Crippen LogP contribution in [-0.4, -0.2) is 10.7 Å². The molecule has 0 N–H and O–H groups in total. The van der Waals surface area contributed by atoms with E-state index < -0.39 is 0 Å². The highest BCUT2D eigenvalue weighted by Crippen LogP contribution is 2.09. The number of alkyl halides is 2. The van der Waals surface area contributed by atoms with Crippen molar-refractivity contribution >= 4 is 31.9 Å². The van der Waals surface area contributed by atoms with E-state index in [1.807, 2.05) is 6.08 Å². The molecule has 0 unspecified atom stereocenters. The van der Waals surface area contributed by atoms with E-state index in [0.29, 0.717) is 5.92 Å². The average molecular weight is 242 g/mol. The summed E-state index contributed by atoms with van der Waals surface area (Å²) < 4.78 is 0. The van der Waals surface area contributed by atoms with Crippen molar-refractivity contribution in [1.82, 2.24) is 0 Å². The molecule has 0 aromatic carbocycles. The normalized spacial score (nSPS) is 9.88. The lowest BCUT2D eigenvalue weighted by Gasteiger charge is -2.03. The molecule has 0 aliphatic rings. The minimum absolute atomic E-state index is 0.715. The fourth-order valence-electron chi connectivity index (χ4n) is 0.403. The van der Waals surface area contributed by atoms with Crippen molar-refractivity contribution in [2.45, 2.75) is 6.42 Å². The second-order valence-electron chi connectivity index (χ2n) is 1.70. The Hall–Kier alpha value is 0.700. The van der Waals surface area contributed by atoms with Crippen LogP contribution in [0.25, 0.3) is 0 Å². The lowest BCUT2D eigenvalue weighted by molar-refractivity contribution is 0.699. The average Bonchev–Trinajstić information content (AvgIpc) is 1.83. The van der Waals surface area contributed by atoms with Gasteiger partial charge in [0.2, 0.25) is 0 Å². The predicted molar refractivity (Wildman–Crippen MR) is 45.9 cm³/mol. The van der Waals surface area contributed by atoms with Crippen molar-refractivity contribution in [1.29, 1.82) is 0 Å². The van der Waals surface area contributed by atoms with Crippen molar-refractivity contribution in [3.05, 3.63) is 12.7 Å². The number of allylic oxidation sites excluding steroid dienone is 1. The van der Waals surface area contributed by atoms with Gasteiger partial charge in [0.1, 0.15) is 0 Å². The maximum absolute atomic E-state index is 3.65. The number of halogens is 2. The SMILES string of the molecule is C=CCC(CBr)CBr. The van der Waals surface area contributed by atoms with E-state index in [-0.39, 0.29) is 0 Å². The Bertz CT molecular complexity index is 57.5. The molecule has 0 spiro atoms. The second-order valence-corrected chi connectivity index (χ2v) is 2.99. The quantitative estimate of drug-likeness (QED) is 0.525. The van der Waals surface area contributed by atoms with Crippen molar-refractivity contribution in [3.8, 4) is 0 Å². The molecule has 0 amide bonds. The topological polar surface area (TPSA) is 0 Å². The van der Waals surface area contributed by atoms with Crippen molar-refractivity contribution in [3.63, 3.8) is 0 Å². The minimum Gasteiger partial charge on any atom is -0.103 e. The third-order valence-electron chi connectivity index (χ3n) is 0.936. The van der Waals surface area contributed by atoms with E-state index in [0.717, 1.165) is 17.1 Å². The lowest BCUT2D eigenvalue weighted by Crippen LogP contribution is -2.00. The summed E-state index contributed by atoms with van der Waals surface area (Å²) in [6.07, 6.45) is 3.05. The van der Waals surface area contributed by atoms with Crippen LogP contribution in [0.4, 0.5) is 0 Å². The fraction of sp³-hybridized carbons (Fsp3) is 0.667. The molecule has 2 heteroatoms. The molecule has 0 atom stereocenters. The first-order valence-corrected chi connectivity index (χ1v) is 4.82. The van der Waals surface area contributed by atoms with Gasteiger partial charge < -0.3 is 0 Å². The second kappa shape index (κ2) is 5.83. The number of rotatable bonds is 4. The third-order valence-corrected chi connectivity index (χ3v) is 2.77. The molecule has 0 aliphatic carbocycles. The van der Waals surface area contributed by atoms with E-state index in [1.165, 1.54) is 0 Å². The van der Waals surface area contributed by atoms with Crippen LogP contribution >= 0.6 is 31.9 Å². The summed E-state index contributed by atoms with van der Waals surface area (Å²) in [7, 11) is 0. The summed E-state index contributed by atoms with van der Waals surface area (Å²) in [6, 6.07) is 0. The first-order chi connectivity index (χ1) is 3.85. The Morgan fingerprint density at radius 1 is 1.38 bits per heavy atom. The molecular formula is C6H10Br2. The van der Waals surface area contributed by atoms with E-state index in [9.17, 15) is 0 Å². The van der Waals surface area contributed by atoms with Gasteiger partial charge >= 0.3 is 0 Å². The summed E-state index contributed by atoms with van der Waals surface area (Å²) in [6.45, 7) is 3.65. The van der Waals surface area contributed by atoms with Crippen LogP contribution in [0.15, 0.2) is 12.7 Å². The Morgan fingerprint density at radius 3 is 2.00 bits per heavy atom. The highest BCUT2D eigenvalue weighted by atomic mass is 79.9. The third kappa shape index (κ3) is 3.67. The van der Waals surface area contributed by atoms with Crippen LogP contribution < -0.4 is 0 Å². The zero-order valence-corrected chi connectivity index (χ0v) is 7.91. The summed E-state index contributed by atoms with van der Waals surface area (Å²) >= 11 is 6.80. The highest BCUT2D eigenvalue weighted by molar-refractivity contribution is 9.09. The largest absolute Gasteiger partial charge is 0.103 e. The Morgan fingerprint density at radius 2 is 1.88 bits per heavy atom. The molecule has 0 fully saturated rings. The van der Waals surface area contributed by atoms with E-state index in [2.05, 4.69) is 38.4 Å². The van der Waals surface area contributed by atoms with Crippen LogP contribution in [0.5, 0.6) is 0 Å². The van der Waals surface area contributed by atoms with Gasteiger partial charge in [-0.05, 0) is 12.3 Å². The van der Waals surface area contributed by atoms with Gasteiger partial charge in [0.05, 0.1) is 0 Å². The van der Waals surface area contributed by atoms with Crippen LogP contribution in [0.1, 0.15) is 6.42 Å². The van der Waals surface area contributed by atoms with Gasteiger partial charge in [0.15, 0.2) is 0 Å². The molecule has 0 rings (SSSR count). The van der Waals surface area contributed by atoms with Crippen molar-refractivity contribution < 1.29 is 0 Å². The molecule has 0 aliphatic heterocycles. The molecule has 0 saturated carbocycles. The minimum atomic E-state index is 0.715. The number of hydrogen-bond acceptors (Lipinski definition) is 0. The summed E-state index contributed by atoms with van der Waals surface area (Å²) in [5, 5.41) is 2.12. The Kier molecular flexibility index (Phi) is 6.34. The van der Waals surface area contributed by atoms with Gasteiger partial charge in [-0.15, -0.1) is 6.58 Å². The van der Waals surface area contributed by atoms with Gasteiger partial charge in [-0.25, -0.2) is 0 Å². The maximum Gasteiger partial charge on any atom is 0.00706 e.